The van der Waals surface area contributed by atoms with Gasteiger partial charge in [-0.1, -0.05) is 32.4 Å². The van der Waals surface area contributed by atoms with Crippen LogP contribution in [0.5, 0.6) is 0 Å². The maximum Gasteiger partial charge on any atom is 0.138 e. The Balaban J connectivity index is 2.39. The third kappa shape index (κ3) is 2.59. The first kappa shape index (κ1) is 13.6. The number of rotatable bonds is 3. The standard InChI is InChI=1S/C13H20ClN3O/c1-4-10-7-18-6-5-17(10)13-11(9(2)3)12(14)15-8-16-13/h8-10H,4-7H2,1-3H3. The Morgan fingerprint density at radius 3 is 2.94 bits per heavy atom. The van der Waals surface area contributed by atoms with Crippen LogP contribution in [0.1, 0.15) is 38.7 Å². The van der Waals surface area contributed by atoms with Gasteiger partial charge in [0.15, 0.2) is 0 Å². The van der Waals surface area contributed by atoms with Crippen LogP contribution in [0.2, 0.25) is 5.15 Å². The Labute approximate surface area is 113 Å². The number of halogens is 1. The van der Waals surface area contributed by atoms with Gasteiger partial charge in [0.2, 0.25) is 0 Å². The van der Waals surface area contributed by atoms with Crippen molar-refractivity contribution in [3.05, 3.63) is 17.0 Å². The van der Waals surface area contributed by atoms with Crippen LogP contribution in [-0.4, -0.2) is 35.8 Å². The van der Waals surface area contributed by atoms with Gasteiger partial charge in [0.05, 0.1) is 19.3 Å². The second kappa shape index (κ2) is 5.85. The van der Waals surface area contributed by atoms with Gasteiger partial charge in [-0.2, -0.15) is 0 Å². The van der Waals surface area contributed by atoms with Gasteiger partial charge in [0, 0.05) is 12.1 Å². The Bertz CT molecular complexity index is 411. The van der Waals surface area contributed by atoms with Crippen molar-refractivity contribution in [1.29, 1.82) is 0 Å². The third-order valence-corrected chi connectivity index (χ3v) is 3.66. The molecule has 1 aromatic heterocycles. The number of anilines is 1. The van der Waals surface area contributed by atoms with E-state index in [9.17, 15) is 0 Å². The predicted octanol–water partition coefficient (Wildman–Crippen LogP) is 2.87. The first-order valence-corrected chi connectivity index (χ1v) is 6.87. The molecule has 0 aromatic carbocycles. The van der Waals surface area contributed by atoms with E-state index in [1.807, 2.05) is 0 Å². The molecule has 1 aliphatic heterocycles. The zero-order valence-corrected chi connectivity index (χ0v) is 11.9. The third-order valence-electron chi connectivity index (χ3n) is 3.36. The maximum atomic E-state index is 6.23. The zero-order chi connectivity index (χ0) is 13.1. The van der Waals surface area contributed by atoms with Crippen molar-refractivity contribution in [1.82, 2.24) is 9.97 Å². The maximum absolute atomic E-state index is 6.23. The van der Waals surface area contributed by atoms with E-state index in [4.69, 9.17) is 16.3 Å². The van der Waals surface area contributed by atoms with E-state index in [1.54, 1.807) is 6.33 Å². The predicted molar refractivity (Wildman–Crippen MR) is 73.4 cm³/mol. The SMILES string of the molecule is CCC1COCCN1c1ncnc(Cl)c1C(C)C. The molecular weight excluding hydrogens is 250 g/mol. The van der Waals surface area contributed by atoms with Crippen LogP contribution in [0.4, 0.5) is 5.82 Å². The molecular formula is C13H20ClN3O. The Hall–Kier alpha value is -0.870. The molecule has 1 unspecified atom stereocenters. The summed E-state index contributed by atoms with van der Waals surface area (Å²) in [6.07, 6.45) is 2.59. The van der Waals surface area contributed by atoms with Gasteiger partial charge in [-0.05, 0) is 12.3 Å². The first-order valence-electron chi connectivity index (χ1n) is 6.49. The first-order chi connectivity index (χ1) is 8.65. The van der Waals surface area contributed by atoms with E-state index in [0.717, 1.165) is 37.6 Å². The fourth-order valence-corrected chi connectivity index (χ4v) is 2.71. The van der Waals surface area contributed by atoms with Crippen LogP contribution in [0.25, 0.3) is 0 Å². The number of aromatic nitrogens is 2. The van der Waals surface area contributed by atoms with Crippen LogP contribution >= 0.6 is 11.6 Å². The Kier molecular flexibility index (Phi) is 4.40. The quantitative estimate of drug-likeness (QED) is 0.791. The summed E-state index contributed by atoms with van der Waals surface area (Å²) in [4.78, 5) is 10.9. The lowest BCUT2D eigenvalue weighted by Crippen LogP contribution is -2.46. The van der Waals surface area contributed by atoms with E-state index >= 15 is 0 Å². The van der Waals surface area contributed by atoms with E-state index in [0.29, 0.717) is 17.1 Å². The van der Waals surface area contributed by atoms with Crippen molar-refractivity contribution < 1.29 is 4.74 Å². The van der Waals surface area contributed by atoms with E-state index in [-0.39, 0.29) is 0 Å². The molecule has 0 aliphatic carbocycles. The monoisotopic (exact) mass is 269 g/mol. The average molecular weight is 270 g/mol. The highest BCUT2D eigenvalue weighted by molar-refractivity contribution is 6.30. The van der Waals surface area contributed by atoms with Gasteiger partial charge in [-0.25, -0.2) is 9.97 Å². The van der Waals surface area contributed by atoms with Crippen molar-refractivity contribution in [2.24, 2.45) is 0 Å². The van der Waals surface area contributed by atoms with Gasteiger partial charge in [0.25, 0.3) is 0 Å². The minimum atomic E-state index is 0.314. The molecule has 0 amide bonds. The minimum absolute atomic E-state index is 0.314. The van der Waals surface area contributed by atoms with Crippen molar-refractivity contribution in [2.45, 2.75) is 39.2 Å². The molecule has 0 N–H and O–H groups in total. The highest BCUT2D eigenvalue weighted by Gasteiger charge is 2.26. The summed E-state index contributed by atoms with van der Waals surface area (Å²) in [5, 5.41) is 0.566. The van der Waals surface area contributed by atoms with Crippen molar-refractivity contribution in [3.8, 4) is 0 Å². The number of hydrogen-bond donors (Lipinski definition) is 0. The zero-order valence-electron chi connectivity index (χ0n) is 11.2. The second-order valence-corrected chi connectivity index (χ2v) is 5.24. The fourth-order valence-electron chi connectivity index (χ4n) is 2.36. The van der Waals surface area contributed by atoms with Gasteiger partial charge in [-0.15, -0.1) is 0 Å². The van der Waals surface area contributed by atoms with E-state index in [1.165, 1.54) is 0 Å². The lowest BCUT2D eigenvalue weighted by atomic mass is 10.0. The van der Waals surface area contributed by atoms with Crippen molar-refractivity contribution >= 4 is 17.4 Å². The second-order valence-electron chi connectivity index (χ2n) is 4.89. The number of morpholine rings is 1. The number of ether oxygens (including phenoxy) is 1. The molecule has 1 aliphatic rings. The lowest BCUT2D eigenvalue weighted by Gasteiger charge is -2.37. The molecule has 1 fully saturated rings. The van der Waals surface area contributed by atoms with Crippen LogP contribution in [-0.2, 0) is 4.74 Å². The summed E-state index contributed by atoms with van der Waals surface area (Å²) in [6.45, 7) is 8.78. The molecule has 1 aromatic rings. The normalized spacial score (nSPS) is 20.5. The number of hydrogen-bond acceptors (Lipinski definition) is 4. The van der Waals surface area contributed by atoms with Gasteiger partial charge in [0.1, 0.15) is 17.3 Å². The molecule has 0 spiro atoms. The summed E-state index contributed by atoms with van der Waals surface area (Å²) in [5.41, 5.74) is 1.04. The smallest absolute Gasteiger partial charge is 0.138 e. The molecule has 1 saturated heterocycles. The molecule has 0 bridgehead atoms. The minimum Gasteiger partial charge on any atom is -0.377 e. The van der Waals surface area contributed by atoms with Crippen LogP contribution in [0.3, 0.4) is 0 Å². The van der Waals surface area contributed by atoms with E-state index in [2.05, 4.69) is 35.6 Å². The van der Waals surface area contributed by atoms with Crippen LogP contribution in [0, 0.1) is 0 Å². The number of nitrogens with zero attached hydrogens (tertiary/aromatic N) is 3. The molecule has 18 heavy (non-hydrogen) atoms. The lowest BCUT2D eigenvalue weighted by molar-refractivity contribution is 0.0924. The highest BCUT2D eigenvalue weighted by Crippen LogP contribution is 2.32. The Morgan fingerprint density at radius 1 is 1.50 bits per heavy atom. The summed E-state index contributed by atoms with van der Waals surface area (Å²) >= 11 is 6.23. The molecule has 5 heteroatoms. The Morgan fingerprint density at radius 2 is 2.28 bits per heavy atom. The van der Waals surface area contributed by atoms with Crippen LogP contribution < -0.4 is 4.90 Å². The molecule has 4 nitrogen and oxygen atoms in total. The molecule has 0 saturated carbocycles. The summed E-state index contributed by atoms with van der Waals surface area (Å²) in [7, 11) is 0. The molecule has 100 valence electrons. The topological polar surface area (TPSA) is 38.2 Å². The largest absolute Gasteiger partial charge is 0.377 e. The average Bonchev–Trinajstić information content (AvgIpc) is 2.38. The summed E-state index contributed by atoms with van der Waals surface area (Å²) in [5.74, 6) is 1.29. The van der Waals surface area contributed by atoms with Crippen molar-refractivity contribution in [2.75, 3.05) is 24.7 Å². The van der Waals surface area contributed by atoms with Gasteiger partial charge in [-0.3, -0.25) is 0 Å². The summed E-state index contributed by atoms with van der Waals surface area (Å²) < 4.78 is 5.54. The van der Waals surface area contributed by atoms with Gasteiger partial charge >= 0.3 is 0 Å². The summed E-state index contributed by atoms with van der Waals surface area (Å²) in [6, 6.07) is 0.377. The highest BCUT2D eigenvalue weighted by atomic mass is 35.5. The van der Waals surface area contributed by atoms with E-state index < -0.39 is 0 Å². The van der Waals surface area contributed by atoms with Gasteiger partial charge < -0.3 is 9.64 Å². The molecule has 0 radical (unpaired) electrons. The van der Waals surface area contributed by atoms with Crippen molar-refractivity contribution in [3.63, 3.8) is 0 Å². The molecule has 1 atom stereocenters. The van der Waals surface area contributed by atoms with Crippen LogP contribution in [0.15, 0.2) is 6.33 Å². The fraction of sp³-hybridized carbons (Fsp3) is 0.692. The molecule has 2 heterocycles. The molecule has 2 rings (SSSR count).